The molecule has 4 rings (SSSR count). The number of thiophene rings is 1. The van der Waals surface area contributed by atoms with E-state index in [0.29, 0.717) is 0 Å². The van der Waals surface area contributed by atoms with Gasteiger partial charge in [-0.25, -0.2) is 10.9 Å². The Hall–Kier alpha value is -2.24. The summed E-state index contributed by atoms with van der Waals surface area (Å²) in [5.41, 5.74) is 15.0. The van der Waals surface area contributed by atoms with Gasteiger partial charge >= 0.3 is 0 Å². The maximum atomic E-state index is 6.20. The van der Waals surface area contributed by atoms with Gasteiger partial charge < -0.3 is 5.73 Å². The van der Waals surface area contributed by atoms with Crippen molar-refractivity contribution in [3.63, 3.8) is 0 Å². The van der Waals surface area contributed by atoms with E-state index in [0.717, 1.165) is 5.56 Å². The summed E-state index contributed by atoms with van der Waals surface area (Å²) in [5.74, 6) is 0. The van der Waals surface area contributed by atoms with Gasteiger partial charge in [-0.15, -0.1) is 11.3 Å². The number of hydrazine groups is 1. The van der Waals surface area contributed by atoms with E-state index in [1.165, 1.54) is 25.7 Å². The highest BCUT2D eigenvalue weighted by Gasteiger charge is 2.11. The molecular weight excluding hydrogens is 326 g/mol. The van der Waals surface area contributed by atoms with Crippen molar-refractivity contribution in [2.45, 2.75) is 19.1 Å². The Morgan fingerprint density at radius 2 is 1.48 bits per heavy atom. The number of hydrogen-bond donors (Lipinski definition) is 3. The van der Waals surface area contributed by atoms with Gasteiger partial charge in [0.25, 0.3) is 0 Å². The lowest BCUT2D eigenvalue weighted by molar-refractivity contribution is 0.401. The lowest BCUT2D eigenvalue weighted by Gasteiger charge is -2.20. The second kappa shape index (κ2) is 6.94. The lowest BCUT2D eigenvalue weighted by atomic mass is 10.1. The van der Waals surface area contributed by atoms with E-state index in [1.54, 1.807) is 0 Å². The van der Waals surface area contributed by atoms with Crippen LogP contribution in [0.5, 0.6) is 0 Å². The fourth-order valence-corrected chi connectivity index (χ4v) is 4.14. The first-order chi connectivity index (χ1) is 12.2. The predicted molar refractivity (Wildman–Crippen MR) is 107 cm³/mol. The minimum atomic E-state index is -0.241. The number of fused-ring (bicyclic) bond motifs is 3. The van der Waals surface area contributed by atoms with Crippen LogP contribution in [0, 0.1) is 0 Å². The summed E-state index contributed by atoms with van der Waals surface area (Å²) in [6, 6.07) is 25.4. The highest BCUT2D eigenvalue weighted by molar-refractivity contribution is 7.25. The van der Waals surface area contributed by atoms with Gasteiger partial charge in [0.2, 0.25) is 0 Å². The zero-order valence-corrected chi connectivity index (χ0v) is 14.9. The minimum absolute atomic E-state index is 0.151. The molecule has 0 fully saturated rings. The number of benzene rings is 3. The molecule has 1 aromatic heterocycles. The molecule has 3 nitrogen and oxygen atoms in total. The molecule has 0 radical (unpaired) electrons. The standard InChI is InChI=1S/C21H21N3S/c1-14(23-24-21(22)15-7-3-2-4-8-15)16-11-12-20-18(13-16)17-9-5-6-10-19(17)25-20/h2-14,21,23-24H,22H2,1H3. The molecule has 0 aliphatic heterocycles. The summed E-state index contributed by atoms with van der Waals surface area (Å²) in [7, 11) is 0. The summed E-state index contributed by atoms with van der Waals surface area (Å²) in [4.78, 5) is 0. The largest absolute Gasteiger partial charge is 0.311 e. The first-order valence-corrected chi connectivity index (χ1v) is 9.27. The SMILES string of the molecule is CC(NNC(N)c1ccccc1)c1ccc2sc3ccccc3c2c1. The molecular formula is C21H21N3S. The molecule has 0 aliphatic rings. The van der Waals surface area contributed by atoms with Crippen LogP contribution in [0.3, 0.4) is 0 Å². The molecule has 4 heteroatoms. The monoisotopic (exact) mass is 347 g/mol. The highest BCUT2D eigenvalue weighted by atomic mass is 32.1. The Balaban J connectivity index is 1.53. The molecule has 3 aromatic carbocycles. The molecule has 0 aliphatic carbocycles. The molecule has 0 saturated carbocycles. The number of nitrogens with two attached hydrogens (primary N) is 1. The van der Waals surface area contributed by atoms with Crippen molar-refractivity contribution in [1.82, 2.24) is 10.9 Å². The van der Waals surface area contributed by atoms with Gasteiger partial charge in [-0.3, -0.25) is 0 Å². The van der Waals surface area contributed by atoms with Crippen molar-refractivity contribution < 1.29 is 0 Å². The summed E-state index contributed by atoms with van der Waals surface area (Å²) in [6.45, 7) is 2.14. The average Bonchev–Trinajstić information content (AvgIpc) is 3.04. The van der Waals surface area contributed by atoms with Gasteiger partial charge in [0, 0.05) is 26.2 Å². The fraction of sp³-hybridized carbons (Fsp3) is 0.143. The Morgan fingerprint density at radius 1 is 0.760 bits per heavy atom. The van der Waals surface area contributed by atoms with Crippen LogP contribution in [0.4, 0.5) is 0 Å². The van der Waals surface area contributed by atoms with Gasteiger partial charge in [-0.05, 0) is 36.2 Å². The van der Waals surface area contributed by atoms with Gasteiger partial charge in [0.05, 0.1) is 6.17 Å². The normalized spacial score (nSPS) is 14.0. The Kier molecular flexibility index (Phi) is 4.51. The third-order valence-electron chi connectivity index (χ3n) is 4.51. The molecule has 1 heterocycles. The third-order valence-corrected chi connectivity index (χ3v) is 5.67. The van der Waals surface area contributed by atoms with Crippen molar-refractivity contribution in [2.24, 2.45) is 5.73 Å². The Bertz CT molecular complexity index is 994. The van der Waals surface area contributed by atoms with Crippen molar-refractivity contribution in [2.75, 3.05) is 0 Å². The lowest BCUT2D eigenvalue weighted by Crippen LogP contribution is -2.41. The van der Waals surface area contributed by atoms with E-state index in [2.05, 4.69) is 60.2 Å². The molecule has 0 bridgehead atoms. The quantitative estimate of drug-likeness (QED) is 0.357. The molecule has 0 saturated heterocycles. The second-order valence-corrected chi connectivity index (χ2v) is 7.34. The third kappa shape index (κ3) is 3.30. The van der Waals surface area contributed by atoms with E-state index in [1.807, 2.05) is 41.7 Å². The summed E-state index contributed by atoms with van der Waals surface area (Å²) < 4.78 is 2.66. The van der Waals surface area contributed by atoms with Crippen LogP contribution >= 0.6 is 11.3 Å². The topological polar surface area (TPSA) is 50.1 Å². The minimum Gasteiger partial charge on any atom is -0.311 e. The van der Waals surface area contributed by atoms with Crippen LogP contribution in [0.25, 0.3) is 20.2 Å². The Morgan fingerprint density at radius 3 is 2.32 bits per heavy atom. The summed E-state index contributed by atoms with van der Waals surface area (Å²) in [5, 5.41) is 2.64. The molecule has 4 aromatic rings. The number of nitrogens with one attached hydrogen (secondary N) is 2. The van der Waals surface area contributed by atoms with E-state index in [9.17, 15) is 0 Å². The van der Waals surface area contributed by atoms with Crippen LogP contribution in [0.15, 0.2) is 72.8 Å². The van der Waals surface area contributed by atoms with E-state index >= 15 is 0 Å². The van der Waals surface area contributed by atoms with E-state index < -0.39 is 0 Å². The van der Waals surface area contributed by atoms with Crippen molar-refractivity contribution in [3.05, 3.63) is 83.9 Å². The highest BCUT2D eigenvalue weighted by Crippen LogP contribution is 2.34. The number of hydrogen-bond acceptors (Lipinski definition) is 4. The molecule has 2 atom stereocenters. The molecule has 0 amide bonds. The summed E-state index contributed by atoms with van der Waals surface area (Å²) >= 11 is 1.84. The predicted octanol–water partition coefficient (Wildman–Crippen LogP) is 4.87. The first kappa shape index (κ1) is 16.2. The molecule has 126 valence electrons. The van der Waals surface area contributed by atoms with Gasteiger partial charge in [0.1, 0.15) is 0 Å². The van der Waals surface area contributed by atoms with E-state index in [4.69, 9.17) is 5.73 Å². The van der Waals surface area contributed by atoms with Crippen molar-refractivity contribution in [3.8, 4) is 0 Å². The van der Waals surface area contributed by atoms with E-state index in [-0.39, 0.29) is 12.2 Å². The van der Waals surface area contributed by atoms with Gasteiger partial charge in [0.15, 0.2) is 0 Å². The van der Waals surface area contributed by atoms with Crippen LogP contribution in [0.1, 0.15) is 30.3 Å². The van der Waals surface area contributed by atoms with Crippen molar-refractivity contribution >= 4 is 31.5 Å². The average molecular weight is 347 g/mol. The fourth-order valence-electron chi connectivity index (χ4n) is 3.05. The molecule has 25 heavy (non-hydrogen) atoms. The van der Waals surface area contributed by atoms with Gasteiger partial charge in [-0.2, -0.15) is 0 Å². The molecule has 4 N–H and O–H groups in total. The van der Waals surface area contributed by atoms with Gasteiger partial charge in [-0.1, -0.05) is 54.6 Å². The first-order valence-electron chi connectivity index (χ1n) is 8.45. The second-order valence-electron chi connectivity index (χ2n) is 6.25. The van der Waals surface area contributed by atoms with Crippen molar-refractivity contribution in [1.29, 1.82) is 0 Å². The zero-order valence-electron chi connectivity index (χ0n) is 14.1. The maximum Gasteiger partial charge on any atom is 0.0938 e. The van der Waals surface area contributed by atoms with Crippen LogP contribution in [-0.2, 0) is 0 Å². The number of rotatable bonds is 5. The van der Waals surface area contributed by atoms with Crippen LogP contribution in [-0.4, -0.2) is 0 Å². The smallest absolute Gasteiger partial charge is 0.0938 e. The maximum absolute atomic E-state index is 6.20. The summed E-state index contributed by atoms with van der Waals surface area (Å²) in [6.07, 6.45) is -0.241. The Labute approximate surface area is 151 Å². The van der Waals surface area contributed by atoms with Crippen LogP contribution in [0.2, 0.25) is 0 Å². The molecule has 2 unspecified atom stereocenters. The molecule has 0 spiro atoms. The zero-order chi connectivity index (χ0) is 17.2. The van der Waals surface area contributed by atoms with Crippen LogP contribution < -0.4 is 16.6 Å².